The first kappa shape index (κ1) is 14.0. The van der Waals surface area contributed by atoms with Crippen LogP contribution in [-0.2, 0) is 11.2 Å². The minimum absolute atomic E-state index is 0.162. The van der Waals surface area contributed by atoms with Gasteiger partial charge in [-0.1, -0.05) is 0 Å². The number of nitrogens with one attached hydrogen (secondary N) is 1. The lowest BCUT2D eigenvalue weighted by atomic mass is 9.94. The molecule has 3 rings (SSSR count). The maximum Gasteiger partial charge on any atom is 0.345 e. The first-order chi connectivity index (χ1) is 10.2. The van der Waals surface area contributed by atoms with Crippen molar-refractivity contribution in [2.24, 2.45) is 0 Å². The Kier molecular flexibility index (Phi) is 4.15. The van der Waals surface area contributed by atoms with Gasteiger partial charge in [-0.05, 0) is 41.3 Å². The highest BCUT2D eigenvalue weighted by molar-refractivity contribution is 7.07. The number of hydrogen-bond acceptors (Lipinski definition) is 4. The number of nitrogens with zero attached hydrogens (tertiary/aromatic N) is 2. The lowest BCUT2D eigenvalue weighted by Gasteiger charge is -2.32. The van der Waals surface area contributed by atoms with E-state index in [1.165, 1.54) is 6.20 Å². The van der Waals surface area contributed by atoms with Crippen molar-refractivity contribution in [1.82, 2.24) is 14.9 Å². The minimum Gasteiger partial charge on any atom is -0.342 e. The Morgan fingerprint density at radius 2 is 2.38 bits per heavy atom. The third-order valence-electron chi connectivity index (χ3n) is 3.85. The summed E-state index contributed by atoms with van der Waals surface area (Å²) in [5.41, 5.74) is 1.63. The number of aromatic nitrogens is 2. The van der Waals surface area contributed by atoms with Crippen LogP contribution in [-0.4, -0.2) is 33.9 Å². The van der Waals surface area contributed by atoms with Gasteiger partial charge in [-0.25, -0.2) is 9.78 Å². The molecule has 3 heterocycles. The summed E-state index contributed by atoms with van der Waals surface area (Å²) in [5.74, 6) is 0.357. The first-order valence-electron chi connectivity index (χ1n) is 7.06. The summed E-state index contributed by atoms with van der Waals surface area (Å²) in [6, 6.07) is 3.82. The van der Waals surface area contributed by atoms with Crippen LogP contribution in [0.15, 0.2) is 33.9 Å². The molecule has 6 heteroatoms. The predicted octanol–water partition coefficient (Wildman–Crippen LogP) is 1.78. The Bertz CT molecular complexity index is 666. The Labute approximate surface area is 126 Å². The zero-order valence-corrected chi connectivity index (χ0v) is 12.4. The molecular weight excluding hydrogens is 286 g/mol. The second-order valence-corrected chi connectivity index (χ2v) is 6.10. The lowest BCUT2D eigenvalue weighted by molar-refractivity contribution is -0.131. The van der Waals surface area contributed by atoms with E-state index < -0.39 is 0 Å². The molecule has 0 aromatic carbocycles. The fraction of sp³-hybridized carbons (Fsp3) is 0.400. The molecule has 1 saturated heterocycles. The molecule has 1 aliphatic heterocycles. The van der Waals surface area contributed by atoms with Gasteiger partial charge >= 0.3 is 5.69 Å². The van der Waals surface area contributed by atoms with Crippen LogP contribution in [0.2, 0.25) is 0 Å². The summed E-state index contributed by atoms with van der Waals surface area (Å²) < 4.78 is 0. The number of amides is 1. The van der Waals surface area contributed by atoms with E-state index in [2.05, 4.69) is 9.97 Å². The van der Waals surface area contributed by atoms with Gasteiger partial charge in [0.05, 0.1) is 6.42 Å². The monoisotopic (exact) mass is 303 g/mol. The molecule has 1 unspecified atom stereocenters. The third kappa shape index (κ3) is 3.39. The van der Waals surface area contributed by atoms with Gasteiger partial charge in [0.15, 0.2) is 0 Å². The van der Waals surface area contributed by atoms with E-state index in [1.807, 2.05) is 27.8 Å². The summed E-state index contributed by atoms with van der Waals surface area (Å²) in [5, 5.41) is 4.00. The molecule has 2 aromatic rings. The number of likely N-dealkylation sites (tertiary alicyclic amines) is 1. The maximum absolute atomic E-state index is 12.4. The van der Waals surface area contributed by atoms with E-state index in [0.29, 0.717) is 13.0 Å². The van der Waals surface area contributed by atoms with Crippen molar-refractivity contribution in [1.29, 1.82) is 0 Å². The highest BCUT2D eigenvalue weighted by atomic mass is 32.1. The number of carbonyl (C=O) groups excluding carboxylic acids is 1. The average Bonchev–Trinajstić information content (AvgIpc) is 3.00. The molecule has 0 radical (unpaired) electrons. The number of H-pyrrole nitrogens is 1. The number of aromatic amines is 1. The van der Waals surface area contributed by atoms with Gasteiger partial charge in [-0.2, -0.15) is 11.3 Å². The first-order valence-corrected chi connectivity index (χ1v) is 8.01. The van der Waals surface area contributed by atoms with Crippen molar-refractivity contribution >= 4 is 17.2 Å². The minimum atomic E-state index is -0.325. The highest BCUT2D eigenvalue weighted by Gasteiger charge is 2.25. The molecule has 1 N–H and O–H groups in total. The van der Waals surface area contributed by atoms with Crippen molar-refractivity contribution in [3.63, 3.8) is 0 Å². The smallest absolute Gasteiger partial charge is 0.342 e. The number of carbonyl (C=O) groups is 1. The molecule has 5 nitrogen and oxygen atoms in total. The van der Waals surface area contributed by atoms with Crippen LogP contribution >= 0.6 is 11.3 Å². The fourth-order valence-electron chi connectivity index (χ4n) is 2.76. The molecular formula is C15H17N3O2S. The summed E-state index contributed by atoms with van der Waals surface area (Å²) in [6.45, 7) is 1.47. The number of rotatable bonds is 3. The topological polar surface area (TPSA) is 66.1 Å². The average molecular weight is 303 g/mol. The quantitative estimate of drug-likeness (QED) is 0.940. The number of thiophene rings is 1. The standard InChI is InChI=1S/C15H17N3O2S/c19-14(8-11-4-7-21-10-11)18-6-1-2-12(9-18)13-3-5-16-15(20)17-13/h3-5,7,10,12H,1-2,6,8-9H2,(H,16,17,20). The van der Waals surface area contributed by atoms with Crippen LogP contribution in [0.25, 0.3) is 0 Å². The normalized spacial score (nSPS) is 18.7. The molecule has 1 amide bonds. The van der Waals surface area contributed by atoms with Gasteiger partial charge in [0, 0.05) is 30.9 Å². The van der Waals surface area contributed by atoms with Gasteiger partial charge in [0.2, 0.25) is 5.91 Å². The van der Waals surface area contributed by atoms with Crippen LogP contribution in [0, 0.1) is 0 Å². The van der Waals surface area contributed by atoms with Gasteiger partial charge in [0.25, 0.3) is 0 Å². The van der Waals surface area contributed by atoms with Crippen LogP contribution < -0.4 is 5.69 Å². The molecule has 0 saturated carbocycles. The van der Waals surface area contributed by atoms with Crippen molar-refractivity contribution in [3.05, 3.63) is 50.8 Å². The lowest BCUT2D eigenvalue weighted by Crippen LogP contribution is -2.40. The molecule has 1 fully saturated rings. The van der Waals surface area contributed by atoms with Crippen molar-refractivity contribution < 1.29 is 4.79 Å². The summed E-state index contributed by atoms with van der Waals surface area (Å²) in [6.07, 6.45) is 3.94. The Morgan fingerprint density at radius 1 is 1.48 bits per heavy atom. The zero-order valence-electron chi connectivity index (χ0n) is 11.6. The molecule has 1 atom stereocenters. The molecule has 110 valence electrons. The highest BCUT2D eigenvalue weighted by Crippen LogP contribution is 2.25. The SMILES string of the molecule is O=C(Cc1ccsc1)N1CCCC(c2ccnc(=O)[nH]2)C1. The van der Waals surface area contributed by atoms with E-state index in [4.69, 9.17) is 0 Å². The van der Waals surface area contributed by atoms with Crippen molar-refractivity contribution in [3.8, 4) is 0 Å². The molecule has 2 aromatic heterocycles. The van der Waals surface area contributed by atoms with E-state index in [9.17, 15) is 9.59 Å². The summed E-state index contributed by atoms with van der Waals surface area (Å²) >= 11 is 1.61. The summed E-state index contributed by atoms with van der Waals surface area (Å²) in [4.78, 5) is 32.0. The van der Waals surface area contributed by atoms with E-state index in [-0.39, 0.29) is 17.5 Å². The number of piperidine rings is 1. The van der Waals surface area contributed by atoms with Crippen molar-refractivity contribution in [2.75, 3.05) is 13.1 Å². The van der Waals surface area contributed by atoms with E-state index in [1.54, 1.807) is 11.3 Å². The fourth-order valence-corrected chi connectivity index (χ4v) is 3.43. The van der Waals surface area contributed by atoms with E-state index in [0.717, 1.165) is 30.6 Å². The van der Waals surface area contributed by atoms with Crippen LogP contribution in [0.5, 0.6) is 0 Å². The Morgan fingerprint density at radius 3 is 3.14 bits per heavy atom. The number of hydrogen-bond donors (Lipinski definition) is 1. The van der Waals surface area contributed by atoms with Gasteiger partial charge in [0.1, 0.15) is 0 Å². The third-order valence-corrected chi connectivity index (χ3v) is 4.58. The molecule has 0 aliphatic carbocycles. The summed E-state index contributed by atoms with van der Waals surface area (Å²) in [7, 11) is 0. The van der Waals surface area contributed by atoms with Crippen LogP contribution in [0.1, 0.15) is 30.0 Å². The van der Waals surface area contributed by atoms with Gasteiger partial charge in [-0.15, -0.1) is 0 Å². The molecule has 21 heavy (non-hydrogen) atoms. The van der Waals surface area contributed by atoms with Gasteiger partial charge in [-0.3, -0.25) is 4.79 Å². The zero-order chi connectivity index (χ0) is 14.7. The van der Waals surface area contributed by atoms with Crippen LogP contribution in [0.3, 0.4) is 0 Å². The largest absolute Gasteiger partial charge is 0.345 e. The van der Waals surface area contributed by atoms with E-state index >= 15 is 0 Å². The second kappa shape index (κ2) is 6.22. The predicted molar refractivity (Wildman–Crippen MR) is 81.4 cm³/mol. The van der Waals surface area contributed by atoms with Crippen molar-refractivity contribution in [2.45, 2.75) is 25.2 Å². The molecule has 0 spiro atoms. The maximum atomic E-state index is 12.4. The second-order valence-electron chi connectivity index (χ2n) is 5.32. The molecule has 0 bridgehead atoms. The molecule has 1 aliphatic rings. The van der Waals surface area contributed by atoms with Gasteiger partial charge < -0.3 is 9.88 Å². The Balaban J connectivity index is 1.68. The Hall–Kier alpha value is -1.95. The van der Waals surface area contributed by atoms with Crippen LogP contribution in [0.4, 0.5) is 0 Å².